The molecule has 16 heavy (non-hydrogen) atoms. The molecule has 0 aromatic rings. The van der Waals surface area contributed by atoms with Crippen molar-refractivity contribution in [3.63, 3.8) is 0 Å². The SMILES string of the molecule is C=C(C)C(=O)OCC[N+](C)(C)COCC.[Cl-]. The number of halogens is 1. The maximum absolute atomic E-state index is 11.1. The smallest absolute Gasteiger partial charge is 0.333 e. The van der Waals surface area contributed by atoms with Crippen LogP contribution in [0.25, 0.3) is 0 Å². The first-order chi connectivity index (χ1) is 6.89. The van der Waals surface area contributed by atoms with Crippen molar-refractivity contribution in [2.75, 3.05) is 40.6 Å². The first-order valence-electron chi connectivity index (χ1n) is 5.11. The molecule has 96 valence electrons. The fourth-order valence-corrected chi connectivity index (χ4v) is 0.912. The number of esters is 1. The average molecular weight is 252 g/mol. The second kappa shape index (κ2) is 8.56. The number of ether oxygens (including phenoxy) is 2. The van der Waals surface area contributed by atoms with Crippen LogP contribution in [0, 0.1) is 0 Å². The third-order valence-electron chi connectivity index (χ3n) is 1.92. The van der Waals surface area contributed by atoms with Crippen LogP contribution < -0.4 is 12.4 Å². The molecule has 0 aliphatic rings. The van der Waals surface area contributed by atoms with Crippen molar-refractivity contribution in [1.82, 2.24) is 0 Å². The lowest BCUT2D eigenvalue weighted by molar-refractivity contribution is -0.909. The van der Waals surface area contributed by atoms with E-state index in [2.05, 4.69) is 6.58 Å². The summed E-state index contributed by atoms with van der Waals surface area (Å²) in [6.07, 6.45) is 0. The van der Waals surface area contributed by atoms with Gasteiger partial charge in [-0.15, -0.1) is 0 Å². The Hall–Kier alpha value is -0.580. The molecule has 0 fully saturated rings. The van der Waals surface area contributed by atoms with E-state index in [4.69, 9.17) is 9.47 Å². The summed E-state index contributed by atoms with van der Waals surface area (Å²) >= 11 is 0. The lowest BCUT2D eigenvalue weighted by Crippen LogP contribution is -3.00. The Labute approximate surface area is 104 Å². The minimum atomic E-state index is -0.327. The molecule has 0 bridgehead atoms. The van der Waals surface area contributed by atoms with Gasteiger partial charge in [0.15, 0.2) is 6.73 Å². The first kappa shape index (κ1) is 17.8. The highest BCUT2D eigenvalue weighted by Gasteiger charge is 2.15. The lowest BCUT2D eigenvalue weighted by Gasteiger charge is -2.28. The van der Waals surface area contributed by atoms with Crippen molar-refractivity contribution in [3.05, 3.63) is 12.2 Å². The Bertz CT molecular complexity index is 229. The van der Waals surface area contributed by atoms with Gasteiger partial charge in [0.1, 0.15) is 13.2 Å². The van der Waals surface area contributed by atoms with Gasteiger partial charge in [0.2, 0.25) is 0 Å². The second-order valence-corrected chi connectivity index (χ2v) is 4.20. The van der Waals surface area contributed by atoms with Crippen LogP contribution in [0.4, 0.5) is 0 Å². The third kappa shape index (κ3) is 8.71. The van der Waals surface area contributed by atoms with Crippen molar-refractivity contribution < 1.29 is 31.2 Å². The monoisotopic (exact) mass is 251 g/mol. The second-order valence-electron chi connectivity index (χ2n) is 4.20. The summed E-state index contributed by atoms with van der Waals surface area (Å²) in [7, 11) is 4.06. The summed E-state index contributed by atoms with van der Waals surface area (Å²) in [6, 6.07) is 0. The predicted molar refractivity (Wildman–Crippen MR) is 59.2 cm³/mol. The van der Waals surface area contributed by atoms with Gasteiger partial charge < -0.3 is 26.4 Å². The number of carbonyl (C=O) groups excluding carboxylic acids is 1. The van der Waals surface area contributed by atoms with Gasteiger partial charge in [-0.05, 0) is 13.8 Å². The van der Waals surface area contributed by atoms with Gasteiger partial charge in [0, 0.05) is 12.2 Å². The number of hydrogen-bond donors (Lipinski definition) is 0. The Kier molecular flexibility index (Phi) is 9.52. The predicted octanol–water partition coefficient (Wildman–Crippen LogP) is -1.82. The summed E-state index contributed by atoms with van der Waals surface area (Å²) < 4.78 is 11.0. The molecule has 0 rings (SSSR count). The molecule has 0 saturated carbocycles. The topological polar surface area (TPSA) is 35.5 Å². The average Bonchev–Trinajstić information content (AvgIpc) is 2.14. The molecule has 0 aliphatic carbocycles. The number of hydrogen-bond acceptors (Lipinski definition) is 3. The van der Waals surface area contributed by atoms with Crippen LogP contribution in [-0.2, 0) is 14.3 Å². The van der Waals surface area contributed by atoms with Crippen molar-refractivity contribution in [2.45, 2.75) is 13.8 Å². The van der Waals surface area contributed by atoms with Gasteiger partial charge >= 0.3 is 5.97 Å². The van der Waals surface area contributed by atoms with E-state index >= 15 is 0 Å². The van der Waals surface area contributed by atoms with Gasteiger partial charge in [-0.2, -0.15) is 0 Å². The van der Waals surface area contributed by atoms with Crippen LogP contribution >= 0.6 is 0 Å². The summed E-state index contributed by atoms with van der Waals surface area (Å²) in [5, 5.41) is 0. The van der Waals surface area contributed by atoms with Gasteiger partial charge in [0.25, 0.3) is 0 Å². The van der Waals surface area contributed by atoms with E-state index in [-0.39, 0.29) is 18.4 Å². The molecular formula is C11H22ClNO3. The van der Waals surface area contributed by atoms with Crippen LogP contribution in [0.1, 0.15) is 13.8 Å². The summed E-state index contributed by atoms with van der Waals surface area (Å²) in [5.74, 6) is -0.327. The van der Waals surface area contributed by atoms with Gasteiger partial charge in [-0.25, -0.2) is 4.79 Å². The molecular weight excluding hydrogens is 230 g/mol. The molecule has 5 heteroatoms. The lowest BCUT2D eigenvalue weighted by atomic mass is 10.4. The molecule has 0 spiro atoms. The van der Waals surface area contributed by atoms with E-state index in [0.717, 1.165) is 6.54 Å². The zero-order valence-corrected chi connectivity index (χ0v) is 11.3. The quantitative estimate of drug-likeness (QED) is 0.231. The fourth-order valence-electron chi connectivity index (χ4n) is 0.912. The number of carbonyl (C=O) groups is 1. The fraction of sp³-hybridized carbons (Fsp3) is 0.727. The van der Waals surface area contributed by atoms with E-state index in [1.807, 2.05) is 21.0 Å². The molecule has 0 aromatic carbocycles. The standard InChI is InChI=1S/C11H22NO3.ClH/c1-6-14-9-12(4,5)7-8-15-11(13)10(2)3;/h2,6-9H2,1,3-5H3;1H/q+1;/p-1. The molecule has 0 radical (unpaired) electrons. The van der Waals surface area contributed by atoms with Crippen molar-refractivity contribution in [1.29, 1.82) is 0 Å². The molecule has 0 atom stereocenters. The van der Waals surface area contributed by atoms with Crippen molar-refractivity contribution in [3.8, 4) is 0 Å². The van der Waals surface area contributed by atoms with Crippen LogP contribution in [-0.4, -0.2) is 51.0 Å². The van der Waals surface area contributed by atoms with Gasteiger partial charge in [0.05, 0.1) is 14.1 Å². The highest BCUT2D eigenvalue weighted by molar-refractivity contribution is 5.86. The largest absolute Gasteiger partial charge is 1.00 e. The van der Waals surface area contributed by atoms with Crippen LogP contribution in [0.5, 0.6) is 0 Å². The van der Waals surface area contributed by atoms with Crippen molar-refractivity contribution >= 4 is 5.97 Å². The minimum absolute atomic E-state index is 0. The third-order valence-corrected chi connectivity index (χ3v) is 1.92. The highest BCUT2D eigenvalue weighted by atomic mass is 35.5. The molecule has 0 amide bonds. The molecule has 0 aliphatic heterocycles. The van der Waals surface area contributed by atoms with Crippen LogP contribution in [0.2, 0.25) is 0 Å². The summed E-state index contributed by atoms with van der Waals surface area (Å²) in [6.45, 7) is 9.57. The van der Waals surface area contributed by atoms with E-state index in [1.54, 1.807) is 6.92 Å². The van der Waals surface area contributed by atoms with E-state index in [0.29, 0.717) is 30.0 Å². The Morgan fingerprint density at radius 1 is 1.38 bits per heavy atom. The Morgan fingerprint density at radius 2 is 1.94 bits per heavy atom. The maximum atomic E-state index is 11.1. The van der Waals surface area contributed by atoms with Gasteiger partial charge in [-0.1, -0.05) is 6.58 Å². The molecule has 4 nitrogen and oxygen atoms in total. The molecule has 0 N–H and O–H groups in total. The minimum Gasteiger partial charge on any atom is -1.00 e. The number of nitrogens with zero attached hydrogens (tertiary/aromatic N) is 1. The summed E-state index contributed by atoms with van der Waals surface area (Å²) in [4.78, 5) is 11.1. The van der Waals surface area contributed by atoms with Crippen molar-refractivity contribution in [2.24, 2.45) is 0 Å². The van der Waals surface area contributed by atoms with Crippen LogP contribution in [0.15, 0.2) is 12.2 Å². The molecule has 0 heterocycles. The molecule has 0 aromatic heterocycles. The maximum Gasteiger partial charge on any atom is 0.333 e. The normalized spacial score (nSPS) is 10.5. The first-order valence-corrected chi connectivity index (χ1v) is 5.11. The number of quaternary nitrogens is 1. The Balaban J connectivity index is 0. The zero-order chi connectivity index (χ0) is 11.9. The Morgan fingerprint density at radius 3 is 2.38 bits per heavy atom. The van der Waals surface area contributed by atoms with E-state index < -0.39 is 0 Å². The molecule has 0 saturated heterocycles. The zero-order valence-electron chi connectivity index (χ0n) is 10.6. The number of likely N-dealkylation sites (N-methyl/N-ethyl adjacent to an activating group) is 1. The number of rotatable bonds is 7. The van der Waals surface area contributed by atoms with Gasteiger partial charge in [-0.3, -0.25) is 0 Å². The van der Waals surface area contributed by atoms with Crippen LogP contribution in [0.3, 0.4) is 0 Å². The van der Waals surface area contributed by atoms with E-state index in [1.165, 1.54) is 0 Å². The van der Waals surface area contributed by atoms with E-state index in [9.17, 15) is 4.79 Å². The highest BCUT2D eigenvalue weighted by Crippen LogP contribution is 1.99. The molecule has 0 unspecified atom stereocenters. The summed E-state index contributed by atoms with van der Waals surface area (Å²) in [5.41, 5.74) is 0.435.